The maximum atomic E-state index is 11.6. The number of nitrogens with two attached hydrogens (primary N) is 1. The number of carbonyl (C=O) groups is 2. The number of nitrogens with one attached hydrogen (secondary N) is 2. The quantitative estimate of drug-likeness (QED) is 0.393. The Bertz CT molecular complexity index is 647. The number of hydrogen-bond acceptors (Lipinski definition) is 4. The van der Waals surface area contributed by atoms with Crippen LogP contribution in [-0.4, -0.2) is 37.8 Å². The molecule has 0 aliphatic carbocycles. The van der Waals surface area contributed by atoms with Gasteiger partial charge in [-0.1, -0.05) is 0 Å². The fourth-order valence-electron chi connectivity index (χ4n) is 1.44. The molecule has 0 heterocycles. The van der Waals surface area contributed by atoms with Crippen molar-refractivity contribution >= 4 is 50.3 Å². The second kappa shape index (κ2) is 7.56. The third kappa shape index (κ3) is 6.73. The van der Waals surface area contributed by atoms with Crippen molar-refractivity contribution in [2.45, 2.75) is 6.42 Å². The number of aromatic carboxylic acids is 1. The molecule has 0 radical (unpaired) electrons. The molecule has 0 saturated heterocycles. The molecular formula is C11H14IN3O5S. The molecule has 5 N–H and O–H groups in total. The minimum atomic E-state index is -3.55. The van der Waals surface area contributed by atoms with Crippen LogP contribution in [0.15, 0.2) is 18.2 Å². The highest BCUT2D eigenvalue weighted by Crippen LogP contribution is 2.18. The summed E-state index contributed by atoms with van der Waals surface area (Å²) in [6.07, 6.45) is 0.171. The first-order valence-corrected chi connectivity index (χ1v) is 8.56. The highest BCUT2D eigenvalue weighted by atomic mass is 127. The average molecular weight is 427 g/mol. The number of benzene rings is 1. The van der Waals surface area contributed by atoms with Crippen molar-refractivity contribution < 1.29 is 23.1 Å². The maximum Gasteiger partial charge on any atom is 0.337 e. The summed E-state index contributed by atoms with van der Waals surface area (Å²) >= 11 is 1.96. The summed E-state index contributed by atoms with van der Waals surface area (Å²) in [7, 11) is -3.55. The summed E-state index contributed by atoms with van der Waals surface area (Å²) in [4.78, 5) is 22.7. The predicted octanol–water partition coefficient (Wildman–Crippen LogP) is 0.790. The Labute approximate surface area is 135 Å². The third-order valence-electron chi connectivity index (χ3n) is 2.35. The van der Waals surface area contributed by atoms with Crippen LogP contribution in [-0.2, 0) is 10.0 Å². The van der Waals surface area contributed by atoms with Crippen molar-refractivity contribution in [1.29, 1.82) is 0 Å². The summed E-state index contributed by atoms with van der Waals surface area (Å²) in [6.45, 7) is 0.106. The number of anilines is 1. The van der Waals surface area contributed by atoms with Crippen LogP contribution in [0.5, 0.6) is 0 Å². The Morgan fingerprint density at radius 1 is 1.33 bits per heavy atom. The second-order valence-electron chi connectivity index (χ2n) is 4.10. The average Bonchev–Trinajstić information content (AvgIpc) is 2.35. The molecule has 116 valence electrons. The predicted molar refractivity (Wildman–Crippen MR) is 85.7 cm³/mol. The van der Waals surface area contributed by atoms with E-state index >= 15 is 0 Å². The first-order chi connectivity index (χ1) is 9.69. The van der Waals surface area contributed by atoms with Gasteiger partial charge in [0.1, 0.15) is 0 Å². The topological polar surface area (TPSA) is 139 Å². The summed E-state index contributed by atoms with van der Waals surface area (Å²) in [6, 6.07) is 3.95. The van der Waals surface area contributed by atoms with Gasteiger partial charge in [-0.2, -0.15) is 0 Å². The van der Waals surface area contributed by atoms with E-state index in [0.29, 0.717) is 0 Å². The van der Waals surface area contributed by atoms with Crippen molar-refractivity contribution in [2.24, 2.45) is 5.14 Å². The summed E-state index contributed by atoms with van der Waals surface area (Å²) in [5, 5.41) is 18.7. The number of urea groups is 1. The SMILES string of the molecule is NS(=O)(=O)CCCNC(=O)Nc1ccc(I)cc1C(=O)O. The molecule has 0 unspecified atom stereocenters. The molecule has 10 heteroatoms. The van der Waals surface area contributed by atoms with Gasteiger partial charge < -0.3 is 15.7 Å². The first kappa shape index (κ1) is 17.7. The van der Waals surface area contributed by atoms with Crippen molar-refractivity contribution in [1.82, 2.24) is 5.32 Å². The monoisotopic (exact) mass is 427 g/mol. The van der Waals surface area contributed by atoms with E-state index in [1.807, 2.05) is 22.6 Å². The number of hydrogen-bond donors (Lipinski definition) is 4. The third-order valence-corrected chi connectivity index (χ3v) is 3.88. The van der Waals surface area contributed by atoms with E-state index in [4.69, 9.17) is 10.2 Å². The number of sulfonamides is 1. The van der Waals surface area contributed by atoms with E-state index in [2.05, 4.69) is 10.6 Å². The zero-order chi connectivity index (χ0) is 16.0. The van der Waals surface area contributed by atoms with Crippen LogP contribution >= 0.6 is 22.6 Å². The van der Waals surface area contributed by atoms with Gasteiger partial charge in [0.25, 0.3) is 0 Å². The normalized spacial score (nSPS) is 11.0. The highest BCUT2D eigenvalue weighted by molar-refractivity contribution is 14.1. The molecule has 1 aromatic rings. The molecule has 0 bridgehead atoms. The Kier molecular flexibility index (Phi) is 6.36. The molecule has 1 rings (SSSR count). The van der Waals surface area contributed by atoms with E-state index in [-0.39, 0.29) is 30.0 Å². The summed E-state index contributed by atoms with van der Waals surface area (Å²) in [5.74, 6) is -1.39. The van der Waals surface area contributed by atoms with Crippen LogP contribution in [0.1, 0.15) is 16.8 Å². The number of carboxylic acids is 1. The largest absolute Gasteiger partial charge is 0.478 e. The molecule has 0 spiro atoms. The van der Waals surface area contributed by atoms with Gasteiger partial charge in [-0.25, -0.2) is 23.1 Å². The number of carbonyl (C=O) groups excluding carboxylic acids is 1. The Morgan fingerprint density at radius 3 is 2.57 bits per heavy atom. The van der Waals surface area contributed by atoms with Crippen LogP contribution in [0.25, 0.3) is 0 Å². The molecule has 0 aliphatic heterocycles. The number of amides is 2. The number of primary sulfonamides is 1. The molecule has 1 aromatic carbocycles. The molecule has 8 nitrogen and oxygen atoms in total. The van der Waals surface area contributed by atoms with Gasteiger partial charge in [-0.05, 0) is 47.2 Å². The van der Waals surface area contributed by atoms with E-state index in [9.17, 15) is 18.0 Å². The molecule has 0 saturated carbocycles. The number of halogens is 1. The molecular weight excluding hydrogens is 413 g/mol. The van der Waals surface area contributed by atoms with Crippen molar-refractivity contribution in [3.63, 3.8) is 0 Å². The zero-order valence-corrected chi connectivity index (χ0v) is 13.8. The summed E-state index contributed by atoms with van der Waals surface area (Å²) < 4.78 is 22.1. The highest BCUT2D eigenvalue weighted by Gasteiger charge is 2.13. The van der Waals surface area contributed by atoms with Crippen LogP contribution < -0.4 is 15.8 Å². The van der Waals surface area contributed by atoms with Crippen molar-refractivity contribution in [2.75, 3.05) is 17.6 Å². The zero-order valence-electron chi connectivity index (χ0n) is 10.8. The van der Waals surface area contributed by atoms with E-state index in [1.165, 1.54) is 12.1 Å². The lowest BCUT2D eigenvalue weighted by Gasteiger charge is -2.10. The van der Waals surface area contributed by atoms with Gasteiger partial charge in [0.15, 0.2) is 0 Å². The lowest BCUT2D eigenvalue weighted by molar-refractivity contribution is 0.0698. The smallest absolute Gasteiger partial charge is 0.337 e. The van der Waals surface area contributed by atoms with Crippen LogP contribution in [0.4, 0.5) is 10.5 Å². The lowest BCUT2D eigenvalue weighted by Crippen LogP contribution is -2.31. The fraction of sp³-hybridized carbons (Fsp3) is 0.273. The molecule has 21 heavy (non-hydrogen) atoms. The van der Waals surface area contributed by atoms with Gasteiger partial charge >= 0.3 is 12.0 Å². The Hall–Kier alpha value is -1.40. The van der Waals surface area contributed by atoms with Gasteiger partial charge in [0, 0.05) is 10.1 Å². The van der Waals surface area contributed by atoms with Crippen molar-refractivity contribution in [3.05, 3.63) is 27.3 Å². The molecule has 0 aliphatic rings. The van der Waals surface area contributed by atoms with Gasteiger partial charge in [-0.15, -0.1) is 0 Å². The maximum absolute atomic E-state index is 11.6. The van der Waals surface area contributed by atoms with Crippen molar-refractivity contribution in [3.8, 4) is 0 Å². The molecule has 0 atom stereocenters. The minimum Gasteiger partial charge on any atom is -0.478 e. The second-order valence-corrected chi connectivity index (χ2v) is 7.08. The fourth-order valence-corrected chi connectivity index (χ4v) is 2.48. The van der Waals surface area contributed by atoms with E-state index < -0.39 is 22.0 Å². The molecule has 0 fully saturated rings. The lowest BCUT2D eigenvalue weighted by atomic mass is 10.2. The summed E-state index contributed by atoms with van der Waals surface area (Å²) in [5.41, 5.74) is 0.133. The Morgan fingerprint density at radius 2 is 2.00 bits per heavy atom. The van der Waals surface area contributed by atoms with E-state index in [0.717, 1.165) is 3.57 Å². The minimum absolute atomic E-state index is 0.0263. The standard InChI is InChI=1S/C11H14IN3O5S/c12-7-2-3-9(8(6-7)10(16)17)15-11(18)14-4-1-5-21(13,19)20/h2-3,6H,1,4-5H2,(H,16,17)(H2,13,19,20)(H2,14,15,18). The van der Waals surface area contributed by atoms with E-state index in [1.54, 1.807) is 6.07 Å². The number of carboxylic acid groups (broad SMARTS) is 1. The first-order valence-electron chi connectivity index (χ1n) is 5.77. The molecule has 0 aromatic heterocycles. The van der Waals surface area contributed by atoms with Crippen LogP contribution in [0.3, 0.4) is 0 Å². The van der Waals surface area contributed by atoms with Gasteiger partial charge in [0.05, 0.1) is 17.0 Å². The van der Waals surface area contributed by atoms with Gasteiger partial charge in [-0.3, -0.25) is 0 Å². The van der Waals surface area contributed by atoms with Crippen LogP contribution in [0, 0.1) is 3.57 Å². The van der Waals surface area contributed by atoms with Crippen LogP contribution in [0.2, 0.25) is 0 Å². The molecule has 2 amide bonds. The Balaban J connectivity index is 2.57. The van der Waals surface area contributed by atoms with Gasteiger partial charge in [0.2, 0.25) is 10.0 Å². The number of rotatable bonds is 6.